The Morgan fingerprint density at radius 1 is 1.19 bits per heavy atom. The maximum Gasteiger partial charge on any atom is 0.106 e. The molecule has 0 aliphatic carbocycles. The number of benzene rings is 1. The van der Waals surface area contributed by atoms with Gasteiger partial charge in [-0.15, -0.1) is 0 Å². The molecule has 0 N–H and O–H groups in total. The fraction of sp³-hybridized carbons (Fsp3) is 0.500. The Labute approximate surface area is 99.0 Å². The molecule has 0 fully saturated rings. The molecule has 0 saturated carbocycles. The Morgan fingerprint density at radius 2 is 1.75 bits per heavy atom. The minimum atomic E-state index is 0.551. The van der Waals surface area contributed by atoms with E-state index in [1.807, 2.05) is 13.1 Å². The molecule has 0 bridgehead atoms. The molecule has 0 heterocycles. The molecule has 88 valence electrons. The van der Waals surface area contributed by atoms with Crippen LogP contribution in [0.2, 0.25) is 0 Å². The average molecular weight is 218 g/mol. The van der Waals surface area contributed by atoms with Gasteiger partial charge >= 0.3 is 0 Å². The van der Waals surface area contributed by atoms with E-state index in [4.69, 9.17) is 0 Å². The Bertz CT molecular complexity index is 326. The molecule has 0 spiro atoms. The van der Waals surface area contributed by atoms with Crippen molar-refractivity contribution in [2.45, 2.75) is 26.7 Å². The standard InChI is InChI=1S/C14H22N2/c1-5-12(6-2)14(15-3)16(4)13-10-8-7-9-11-13/h7-12H,5-6H2,1-4H3. The number of hydrogen-bond donors (Lipinski definition) is 0. The average Bonchev–Trinajstić information content (AvgIpc) is 2.36. The topological polar surface area (TPSA) is 15.6 Å². The molecular weight excluding hydrogens is 196 g/mol. The molecule has 0 amide bonds. The second-order valence-corrected chi connectivity index (χ2v) is 3.99. The number of nitrogens with zero attached hydrogens (tertiary/aromatic N) is 2. The number of para-hydroxylation sites is 1. The van der Waals surface area contributed by atoms with Crippen molar-refractivity contribution < 1.29 is 0 Å². The highest BCUT2D eigenvalue weighted by atomic mass is 15.2. The van der Waals surface area contributed by atoms with E-state index in [0.29, 0.717) is 5.92 Å². The van der Waals surface area contributed by atoms with Crippen molar-refractivity contribution in [3.63, 3.8) is 0 Å². The van der Waals surface area contributed by atoms with Crippen LogP contribution in [0.15, 0.2) is 35.3 Å². The van der Waals surface area contributed by atoms with Gasteiger partial charge in [0.05, 0.1) is 0 Å². The quantitative estimate of drug-likeness (QED) is 0.557. The van der Waals surface area contributed by atoms with E-state index in [2.05, 4.69) is 55.1 Å². The molecule has 2 heteroatoms. The van der Waals surface area contributed by atoms with Crippen LogP contribution in [0.5, 0.6) is 0 Å². The summed E-state index contributed by atoms with van der Waals surface area (Å²) in [6, 6.07) is 10.4. The minimum Gasteiger partial charge on any atom is -0.333 e. The van der Waals surface area contributed by atoms with E-state index in [1.54, 1.807) is 0 Å². The number of rotatable bonds is 4. The summed E-state index contributed by atoms with van der Waals surface area (Å²) in [7, 11) is 3.98. The third kappa shape index (κ3) is 2.84. The molecular formula is C14H22N2. The fourth-order valence-corrected chi connectivity index (χ4v) is 2.04. The molecule has 0 atom stereocenters. The third-order valence-corrected chi connectivity index (χ3v) is 3.07. The zero-order chi connectivity index (χ0) is 12.0. The molecule has 0 unspecified atom stereocenters. The van der Waals surface area contributed by atoms with Gasteiger partial charge in [0.1, 0.15) is 5.84 Å². The summed E-state index contributed by atoms with van der Waals surface area (Å²) >= 11 is 0. The molecule has 0 aliphatic heterocycles. The first-order chi connectivity index (χ1) is 7.74. The van der Waals surface area contributed by atoms with Gasteiger partial charge in [0, 0.05) is 25.7 Å². The van der Waals surface area contributed by atoms with Crippen molar-refractivity contribution in [3.8, 4) is 0 Å². The SMILES string of the molecule is CCC(CC)C(=NC)N(C)c1ccccc1. The maximum atomic E-state index is 4.45. The molecule has 0 saturated heterocycles. The van der Waals surface area contributed by atoms with Crippen molar-refractivity contribution in [3.05, 3.63) is 30.3 Å². The maximum absolute atomic E-state index is 4.45. The lowest BCUT2D eigenvalue weighted by Crippen LogP contribution is -2.32. The lowest BCUT2D eigenvalue weighted by atomic mass is 10.0. The number of aliphatic imine (C=N–C) groups is 1. The van der Waals surface area contributed by atoms with Gasteiger partial charge in [0.15, 0.2) is 0 Å². The van der Waals surface area contributed by atoms with Crippen LogP contribution in [-0.4, -0.2) is 19.9 Å². The minimum absolute atomic E-state index is 0.551. The molecule has 0 aromatic heterocycles. The second kappa shape index (κ2) is 6.31. The van der Waals surface area contributed by atoms with Crippen LogP contribution in [0.3, 0.4) is 0 Å². The van der Waals surface area contributed by atoms with E-state index >= 15 is 0 Å². The highest BCUT2D eigenvalue weighted by Crippen LogP contribution is 2.18. The van der Waals surface area contributed by atoms with Gasteiger partial charge in [0.2, 0.25) is 0 Å². The van der Waals surface area contributed by atoms with Crippen LogP contribution in [0.1, 0.15) is 26.7 Å². The lowest BCUT2D eigenvalue weighted by Gasteiger charge is -2.26. The summed E-state index contributed by atoms with van der Waals surface area (Å²) in [6.45, 7) is 4.44. The zero-order valence-corrected chi connectivity index (χ0v) is 10.8. The second-order valence-electron chi connectivity index (χ2n) is 3.99. The van der Waals surface area contributed by atoms with E-state index in [9.17, 15) is 0 Å². The first-order valence-electron chi connectivity index (χ1n) is 6.00. The van der Waals surface area contributed by atoms with Gasteiger partial charge in [0.25, 0.3) is 0 Å². The van der Waals surface area contributed by atoms with Crippen LogP contribution in [-0.2, 0) is 0 Å². The van der Waals surface area contributed by atoms with Gasteiger partial charge in [-0.3, -0.25) is 4.99 Å². The summed E-state index contributed by atoms with van der Waals surface area (Å²) in [4.78, 5) is 6.64. The van der Waals surface area contributed by atoms with Crippen LogP contribution in [0.25, 0.3) is 0 Å². The summed E-state index contributed by atoms with van der Waals surface area (Å²) in [5.41, 5.74) is 1.20. The summed E-state index contributed by atoms with van der Waals surface area (Å²) < 4.78 is 0. The monoisotopic (exact) mass is 218 g/mol. The molecule has 0 radical (unpaired) electrons. The number of amidine groups is 1. The highest BCUT2D eigenvalue weighted by molar-refractivity contribution is 5.98. The number of anilines is 1. The Hall–Kier alpha value is -1.31. The number of hydrogen-bond acceptors (Lipinski definition) is 1. The van der Waals surface area contributed by atoms with Gasteiger partial charge in [-0.05, 0) is 25.0 Å². The van der Waals surface area contributed by atoms with Gasteiger partial charge in [-0.1, -0.05) is 32.0 Å². The zero-order valence-electron chi connectivity index (χ0n) is 10.8. The molecule has 1 aromatic rings. The van der Waals surface area contributed by atoms with E-state index in [-0.39, 0.29) is 0 Å². The van der Waals surface area contributed by atoms with Crippen molar-refractivity contribution in [2.75, 3.05) is 19.0 Å². The van der Waals surface area contributed by atoms with Crippen molar-refractivity contribution in [2.24, 2.45) is 10.9 Å². The third-order valence-electron chi connectivity index (χ3n) is 3.07. The van der Waals surface area contributed by atoms with Crippen LogP contribution in [0.4, 0.5) is 5.69 Å². The first kappa shape index (κ1) is 12.8. The molecule has 2 nitrogen and oxygen atoms in total. The molecule has 1 aromatic carbocycles. The van der Waals surface area contributed by atoms with Gasteiger partial charge in [-0.2, -0.15) is 0 Å². The van der Waals surface area contributed by atoms with Crippen LogP contribution < -0.4 is 4.90 Å². The lowest BCUT2D eigenvalue weighted by molar-refractivity contribution is 0.632. The highest BCUT2D eigenvalue weighted by Gasteiger charge is 2.16. The van der Waals surface area contributed by atoms with Crippen molar-refractivity contribution in [1.82, 2.24) is 0 Å². The Morgan fingerprint density at radius 3 is 2.19 bits per heavy atom. The largest absolute Gasteiger partial charge is 0.333 e. The normalized spacial score (nSPS) is 11.9. The van der Waals surface area contributed by atoms with E-state index < -0.39 is 0 Å². The first-order valence-corrected chi connectivity index (χ1v) is 6.00. The summed E-state index contributed by atoms with van der Waals surface area (Å²) in [5.74, 6) is 1.73. The molecule has 16 heavy (non-hydrogen) atoms. The predicted molar refractivity (Wildman–Crippen MR) is 72.3 cm³/mol. The van der Waals surface area contributed by atoms with E-state index in [0.717, 1.165) is 12.8 Å². The summed E-state index contributed by atoms with van der Waals surface area (Å²) in [5, 5.41) is 0. The van der Waals surface area contributed by atoms with Crippen LogP contribution >= 0.6 is 0 Å². The van der Waals surface area contributed by atoms with Gasteiger partial charge in [-0.25, -0.2) is 0 Å². The molecule has 1 rings (SSSR count). The fourth-order valence-electron chi connectivity index (χ4n) is 2.04. The summed E-state index contributed by atoms with van der Waals surface area (Å²) in [6.07, 6.45) is 2.28. The van der Waals surface area contributed by atoms with Crippen molar-refractivity contribution in [1.29, 1.82) is 0 Å². The smallest absolute Gasteiger partial charge is 0.106 e. The Balaban J connectivity index is 2.90. The Kier molecular flexibility index (Phi) is 5.03. The van der Waals surface area contributed by atoms with Gasteiger partial charge < -0.3 is 4.90 Å². The van der Waals surface area contributed by atoms with E-state index in [1.165, 1.54) is 11.5 Å². The predicted octanol–water partition coefficient (Wildman–Crippen LogP) is 3.59. The van der Waals surface area contributed by atoms with Crippen LogP contribution in [0, 0.1) is 5.92 Å². The van der Waals surface area contributed by atoms with Crippen molar-refractivity contribution >= 4 is 11.5 Å². The molecule has 0 aliphatic rings.